The highest BCUT2D eigenvalue weighted by Gasteiger charge is 2.11. The van der Waals surface area contributed by atoms with Gasteiger partial charge in [0.05, 0.1) is 5.56 Å². The quantitative estimate of drug-likeness (QED) is 0.890. The lowest BCUT2D eigenvalue weighted by molar-refractivity contribution is 0.0698. The number of halogens is 2. The van der Waals surface area contributed by atoms with Gasteiger partial charge in [-0.2, -0.15) is 0 Å². The van der Waals surface area contributed by atoms with E-state index in [0.717, 1.165) is 12.1 Å². The lowest BCUT2D eigenvalue weighted by atomic mass is 10.1. The number of carboxylic acid groups (broad SMARTS) is 1. The monoisotopic (exact) mass is 263 g/mol. The number of hydrogen-bond acceptors (Lipinski definition) is 2. The Hall–Kier alpha value is -2.43. The Morgan fingerprint density at radius 1 is 1.05 bits per heavy atom. The van der Waals surface area contributed by atoms with E-state index in [1.165, 1.54) is 12.1 Å². The van der Waals surface area contributed by atoms with Gasteiger partial charge in [-0.15, -0.1) is 0 Å². The highest BCUT2D eigenvalue weighted by atomic mass is 19.1. The minimum Gasteiger partial charge on any atom is -0.478 e. The molecular formula is C14H11F2NO2. The van der Waals surface area contributed by atoms with Gasteiger partial charge in [-0.25, -0.2) is 13.6 Å². The summed E-state index contributed by atoms with van der Waals surface area (Å²) in [6, 6.07) is 9.78. The third kappa shape index (κ3) is 2.88. The van der Waals surface area contributed by atoms with Crippen LogP contribution in [0.1, 0.15) is 15.9 Å². The van der Waals surface area contributed by atoms with Crippen molar-refractivity contribution in [2.24, 2.45) is 0 Å². The van der Waals surface area contributed by atoms with Gasteiger partial charge in [-0.1, -0.05) is 18.2 Å². The van der Waals surface area contributed by atoms with Crippen molar-refractivity contribution >= 4 is 11.7 Å². The Morgan fingerprint density at radius 2 is 1.68 bits per heavy atom. The second-order valence-corrected chi connectivity index (χ2v) is 3.90. The summed E-state index contributed by atoms with van der Waals surface area (Å²) < 4.78 is 26.8. The van der Waals surface area contributed by atoms with Crippen molar-refractivity contribution < 1.29 is 18.7 Å². The highest BCUT2D eigenvalue weighted by Crippen LogP contribution is 2.18. The van der Waals surface area contributed by atoms with Gasteiger partial charge < -0.3 is 10.4 Å². The van der Waals surface area contributed by atoms with Crippen molar-refractivity contribution in [3.63, 3.8) is 0 Å². The fourth-order valence-corrected chi connectivity index (χ4v) is 1.71. The first-order valence-corrected chi connectivity index (χ1v) is 5.58. The fraction of sp³-hybridized carbons (Fsp3) is 0.0714. The zero-order valence-electron chi connectivity index (χ0n) is 9.86. The predicted octanol–water partition coefficient (Wildman–Crippen LogP) is 3.28. The topological polar surface area (TPSA) is 49.3 Å². The molecule has 2 rings (SSSR count). The van der Waals surface area contributed by atoms with Crippen LogP contribution in [0, 0.1) is 11.6 Å². The summed E-state index contributed by atoms with van der Waals surface area (Å²) in [7, 11) is 0. The van der Waals surface area contributed by atoms with Gasteiger partial charge in [0.15, 0.2) is 0 Å². The molecule has 5 heteroatoms. The maximum atomic E-state index is 13.4. The highest BCUT2D eigenvalue weighted by molar-refractivity contribution is 5.94. The molecule has 0 saturated heterocycles. The summed E-state index contributed by atoms with van der Waals surface area (Å²) >= 11 is 0. The van der Waals surface area contributed by atoms with Crippen molar-refractivity contribution in [1.82, 2.24) is 0 Å². The first kappa shape index (κ1) is 13.0. The first-order valence-electron chi connectivity index (χ1n) is 5.58. The molecule has 0 aliphatic rings. The molecule has 0 heterocycles. The van der Waals surface area contributed by atoms with Crippen LogP contribution in [-0.2, 0) is 6.54 Å². The second-order valence-electron chi connectivity index (χ2n) is 3.90. The standard InChI is InChI=1S/C14H11F2NO2/c15-11-5-3-6-12(16)10(11)8-17-13-7-2-1-4-9(13)14(18)19/h1-7,17H,8H2,(H,18,19). The molecular weight excluding hydrogens is 252 g/mol. The summed E-state index contributed by atoms with van der Waals surface area (Å²) in [5.74, 6) is -2.43. The molecule has 2 aromatic rings. The number of para-hydroxylation sites is 1. The van der Waals surface area contributed by atoms with Crippen molar-refractivity contribution in [1.29, 1.82) is 0 Å². The number of rotatable bonds is 4. The summed E-state index contributed by atoms with van der Waals surface area (Å²) in [5, 5.41) is 11.7. The zero-order valence-corrected chi connectivity index (χ0v) is 9.86. The molecule has 0 aromatic heterocycles. The normalized spacial score (nSPS) is 10.2. The van der Waals surface area contributed by atoms with E-state index >= 15 is 0 Å². The summed E-state index contributed by atoms with van der Waals surface area (Å²) in [5.41, 5.74) is 0.250. The molecule has 0 spiro atoms. The molecule has 98 valence electrons. The minimum atomic E-state index is -1.10. The van der Waals surface area contributed by atoms with E-state index in [2.05, 4.69) is 5.32 Å². The third-order valence-electron chi connectivity index (χ3n) is 2.67. The Labute approximate surface area is 108 Å². The van der Waals surface area contributed by atoms with Gasteiger partial charge in [-0.05, 0) is 24.3 Å². The number of hydrogen-bond donors (Lipinski definition) is 2. The van der Waals surface area contributed by atoms with Crippen LogP contribution >= 0.6 is 0 Å². The number of nitrogens with one attached hydrogen (secondary N) is 1. The van der Waals surface area contributed by atoms with Gasteiger partial charge in [0.25, 0.3) is 0 Å². The maximum absolute atomic E-state index is 13.4. The van der Waals surface area contributed by atoms with Crippen LogP contribution in [0.15, 0.2) is 42.5 Å². The van der Waals surface area contributed by atoms with E-state index in [-0.39, 0.29) is 17.7 Å². The SMILES string of the molecule is O=C(O)c1ccccc1NCc1c(F)cccc1F. The Kier molecular flexibility index (Phi) is 3.75. The smallest absolute Gasteiger partial charge is 0.337 e. The van der Waals surface area contributed by atoms with Gasteiger partial charge in [0.2, 0.25) is 0 Å². The van der Waals surface area contributed by atoms with Crippen molar-refractivity contribution in [3.8, 4) is 0 Å². The minimum absolute atomic E-state index is 0.0549. The van der Waals surface area contributed by atoms with Gasteiger partial charge in [0.1, 0.15) is 11.6 Å². The zero-order chi connectivity index (χ0) is 13.8. The van der Waals surface area contributed by atoms with Crippen molar-refractivity contribution in [2.75, 3.05) is 5.32 Å². The average molecular weight is 263 g/mol. The van der Waals surface area contributed by atoms with Crippen LogP contribution in [-0.4, -0.2) is 11.1 Å². The lowest BCUT2D eigenvalue weighted by Crippen LogP contribution is -2.08. The number of carbonyl (C=O) groups is 1. The molecule has 3 nitrogen and oxygen atoms in total. The second kappa shape index (κ2) is 5.48. The summed E-state index contributed by atoms with van der Waals surface area (Å²) in [4.78, 5) is 11.0. The van der Waals surface area contributed by atoms with Gasteiger partial charge >= 0.3 is 5.97 Å². The Bertz CT molecular complexity index is 594. The van der Waals surface area contributed by atoms with E-state index in [0.29, 0.717) is 5.69 Å². The molecule has 0 atom stereocenters. The number of anilines is 1. The summed E-state index contributed by atoms with van der Waals surface area (Å²) in [6.07, 6.45) is 0. The number of aromatic carboxylic acids is 1. The average Bonchev–Trinajstić information content (AvgIpc) is 2.38. The van der Waals surface area contributed by atoms with Crippen LogP contribution < -0.4 is 5.32 Å². The molecule has 0 aliphatic carbocycles. The number of benzene rings is 2. The molecule has 0 fully saturated rings. The molecule has 0 unspecified atom stereocenters. The fourth-order valence-electron chi connectivity index (χ4n) is 1.71. The van der Waals surface area contributed by atoms with Gasteiger partial charge in [-0.3, -0.25) is 0 Å². The van der Waals surface area contributed by atoms with E-state index in [1.54, 1.807) is 18.2 Å². The lowest BCUT2D eigenvalue weighted by Gasteiger charge is -2.10. The largest absolute Gasteiger partial charge is 0.478 e. The van der Waals surface area contributed by atoms with E-state index in [1.807, 2.05) is 0 Å². The molecule has 0 saturated carbocycles. The van der Waals surface area contributed by atoms with E-state index in [4.69, 9.17) is 5.11 Å². The van der Waals surface area contributed by atoms with Crippen LogP contribution in [0.4, 0.5) is 14.5 Å². The molecule has 2 aromatic carbocycles. The number of carboxylic acids is 1. The maximum Gasteiger partial charge on any atom is 0.337 e. The summed E-state index contributed by atoms with van der Waals surface area (Å²) in [6.45, 7) is -0.122. The molecule has 0 aliphatic heterocycles. The van der Waals surface area contributed by atoms with E-state index in [9.17, 15) is 13.6 Å². The van der Waals surface area contributed by atoms with Gasteiger partial charge in [0, 0.05) is 17.8 Å². The molecule has 0 bridgehead atoms. The van der Waals surface area contributed by atoms with E-state index < -0.39 is 17.6 Å². The van der Waals surface area contributed by atoms with Crippen LogP contribution in [0.5, 0.6) is 0 Å². The van der Waals surface area contributed by atoms with Crippen molar-refractivity contribution in [3.05, 3.63) is 65.2 Å². The van der Waals surface area contributed by atoms with Crippen LogP contribution in [0.2, 0.25) is 0 Å². The van der Waals surface area contributed by atoms with Crippen LogP contribution in [0.3, 0.4) is 0 Å². The molecule has 0 radical (unpaired) electrons. The first-order chi connectivity index (χ1) is 9.09. The molecule has 0 amide bonds. The van der Waals surface area contributed by atoms with Crippen LogP contribution in [0.25, 0.3) is 0 Å². The molecule has 19 heavy (non-hydrogen) atoms. The Morgan fingerprint density at radius 3 is 2.32 bits per heavy atom. The predicted molar refractivity (Wildman–Crippen MR) is 67.1 cm³/mol. The Balaban J connectivity index is 2.22. The molecule has 2 N–H and O–H groups in total. The van der Waals surface area contributed by atoms with Crippen molar-refractivity contribution in [2.45, 2.75) is 6.54 Å². The third-order valence-corrected chi connectivity index (χ3v) is 2.67.